The van der Waals surface area contributed by atoms with Crippen molar-refractivity contribution in [3.05, 3.63) is 57.8 Å². The molecule has 0 aliphatic heterocycles. The van der Waals surface area contributed by atoms with Crippen LogP contribution in [0.5, 0.6) is 0 Å². The van der Waals surface area contributed by atoms with Crippen molar-refractivity contribution in [2.24, 2.45) is 0 Å². The van der Waals surface area contributed by atoms with Crippen LogP contribution < -0.4 is 9.88 Å². The number of hydrogen-bond acceptors (Lipinski definition) is 1. The molecule has 110 valence electrons. The van der Waals surface area contributed by atoms with Gasteiger partial charge >= 0.3 is 0 Å². The Kier molecular flexibility index (Phi) is 5.21. The first-order chi connectivity index (χ1) is 9.97. The number of benzene rings is 1. The molecule has 0 saturated carbocycles. The van der Waals surface area contributed by atoms with Crippen molar-refractivity contribution in [3.63, 3.8) is 0 Å². The Morgan fingerprint density at radius 1 is 1.19 bits per heavy atom. The second kappa shape index (κ2) is 6.92. The third-order valence-electron chi connectivity index (χ3n) is 3.18. The Hall–Kier alpha value is -1.58. The highest BCUT2D eigenvalue weighted by Crippen LogP contribution is 2.22. The maximum atomic E-state index is 12.1. The SMILES string of the molecule is CCc1ccc(C)[n+](CC(=O)Nc2cc(Cl)cc(Cl)c2)c1. The first-order valence-electron chi connectivity index (χ1n) is 6.73. The van der Waals surface area contributed by atoms with Gasteiger partial charge in [0.15, 0.2) is 11.9 Å². The summed E-state index contributed by atoms with van der Waals surface area (Å²) < 4.78 is 1.93. The Morgan fingerprint density at radius 2 is 1.86 bits per heavy atom. The second-order valence-corrected chi connectivity index (χ2v) is 5.74. The van der Waals surface area contributed by atoms with Gasteiger partial charge in [-0.05, 0) is 30.7 Å². The van der Waals surface area contributed by atoms with E-state index >= 15 is 0 Å². The fourth-order valence-electron chi connectivity index (χ4n) is 2.03. The monoisotopic (exact) mass is 323 g/mol. The fraction of sp³-hybridized carbons (Fsp3) is 0.250. The summed E-state index contributed by atoms with van der Waals surface area (Å²) in [4.78, 5) is 12.1. The first kappa shape index (κ1) is 15.8. The maximum Gasteiger partial charge on any atom is 0.290 e. The molecule has 21 heavy (non-hydrogen) atoms. The average Bonchev–Trinajstić information content (AvgIpc) is 2.40. The summed E-state index contributed by atoms with van der Waals surface area (Å²) in [6.45, 7) is 4.32. The molecule has 1 aromatic heterocycles. The zero-order valence-corrected chi connectivity index (χ0v) is 13.5. The number of rotatable bonds is 4. The van der Waals surface area contributed by atoms with Crippen molar-refractivity contribution in [1.82, 2.24) is 0 Å². The molecule has 1 amide bonds. The Labute approximate surface area is 134 Å². The van der Waals surface area contributed by atoms with E-state index in [1.54, 1.807) is 18.2 Å². The van der Waals surface area contributed by atoms with Crippen molar-refractivity contribution in [1.29, 1.82) is 0 Å². The Morgan fingerprint density at radius 3 is 2.48 bits per heavy atom. The van der Waals surface area contributed by atoms with E-state index in [4.69, 9.17) is 23.2 Å². The first-order valence-corrected chi connectivity index (χ1v) is 7.48. The standard InChI is InChI=1S/C16H16Cl2N2O/c1-3-12-5-4-11(2)20(9-12)10-16(21)19-15-7-13(17)6-14(18)8-15/h4-9H,3,10H2,1-2H3/p+1. The highest BCUT2D eigenvalue weighted by molar-refractivity contribution is 6.35. The number of halogens is 2. The topological polar surface area (TPSA) is 33.0 Å². The molecule has 0 atom stereocenters. The second-order valence-electron chi connectivity index (χ2n) is 4.87. The number of nitrogens with zero attached hydrogens (tertiary/aromatic N) is 1. The van der Waals surface area contributed by atoms with Crippen LogP contribution in [0.4, 0.5) is 5.69 Å². The summed E-state index contributed by atoms with van der Waals surface area (Å²) in [5.74, 6) is -0.116. The molecule has 5 heteroatoms. The van der Waals surface area contributed by atoms with Crippen LogP contribution in [0.1, 0.15) is 18.2 Å². The van der Waals surface area contributed by atoms with Crippen LogP contribution in [0, 0.1) is 6.92 Å². The molecule has 0 bridgehead atoms. The predicted octanol–water partition coefficient (Wildman–Crippen LogP) is 3.79. The van der Waals surface area contributed by atoms with Gasteiger partial charge in [0.1, 0.15) is 0 Å². The molecule has 0 spiro atoms. The quantitative estimate of drug-likeness (QED) is 0.853. The van der Waals surface area contributed by atoms with Gasteiger partial charge in [0.25, 0.3) is 5.91 Å². The number of carbonyl (C=O) groups is 1. The molecule has 1 N–H and O–H groups in total. The number of carbonyl (C=O) groups excluding carboxylic acids is 1. The average molecular weight is 324 g/mol. The molecule has 1 aromatic carbocycles. The Bertz CT molecular complexity index is 651. The predicted molar refractivity (Wildman–Crippen MR) is 85.8 cm³/mol. The lowest BCUT2D eigenvalue weighted by atomic mass is 10.2. The summed E-state index contributed by atoms with van der Waals surface area (Å²) in [7, 11) is 0. The van der Waals surface area contributed by atoms with Crippen molar-refractivity contribution in [2.45, 2.75) is 26.8 Å². The van der Waals surface area contributed by atoms with Gasteiger partial charge in [0.05, 0.1) is 0 Å². The van der Waals surface area contributed by atoms with E-state index in [0.717, 1.165) is 12.1 Å². The molecule has 0 unspecified atom stereocenters. The summed E-state index contributed by atoms with van der Waals surface area (Å²) in [5.41, 5.74) is 2.83. The van der Waals surface area contributed by atoms with Gasteiger partial charge < -0.3 is 5.32 Å². The molecule has 1 heterocycles. The lowest BCUT2D eigenvalue weighted by molar-refractivity contribution is -0.690. The summed E-state index contributed by atoms with van der Waals surface area (Å²) in [6, 6.07) is 9.06. The molecule has 0 radical (unpaired) electrons. The smallest absolute Gasteiger partial charge is 0.290 e. The molecular weight excluding hydrogens is 307 g/mol. The number of aryl methyl sites for hydroxylation is 2. The van der Waals surface area contributed by atoms with Crippen molar-refractivity contribution in [2.75, 3.05) is 5.32 Å². The van der Waals surface area contributed by atoms with Gasteiger partial charge in [-0.1, -0.05) is 30.1 Å². The van der Waals surface area contributed by atoms with Crippen LogP contribution in [0.2, 0.25) is 10.0 Å². The van der Waals surface area contributed by atoms with E-state index in [0.29, 0.717) is 15.7 Å². The number of pyridine rings is 1. The van der Waals surface area contributed by atoms with E-state index < -0.39 is 0 Å². The van der Waals surface area contributed by atoms with E-state index in [1.165, 1.54) is 5.56 Å². The highest BCUT2D eigenvalue weighted by atomic mass is 35.5. The lowest BCUT2D eigenvalue weighted by Gasteiger charge is -2.06. The minimum Gasteiger partial charge on any atom is -0.320 e. The Balaban J connectivity index is 2.11. The molecular formula is C16H17Cl2N2O+. The molecule has 3 nitrogen and oxygen atoms in total. The zero-order chi connectivity index (χ0) is 15.4. The number of aromatic nitrogens is 1. The highest BCUT2D eigenvalue weighted by Gasteiger charge is 2.13. The van der Waals surface area contributed by atoms with Gasteiger partial charge in [-0.3, -0.25) is 4.79 Å². The number of hydrogen-bond donors (Lipinski definition) is 1. The lowest BCUT2D eigenvalue weighted by Crippen LogP contribution is -2.43. The van der Waals surface area contributed by atoms with Gasteiger partial charge in [0, 0.05) is 34.3 Å². The van der Waals surface area contributed by atoms with Gasteiger partial charge in [-0.15, -0.1) is 0 Å². The van der Waals surface area contributed by atoms with E-state index in [-0.39, 0.29) is 12.5 Å². The number of amides is 1. The molecule has 0 aliphatic carbocycles. The van der Waals surface area contributed by atoms with Crippen molar-refractivity contribution < 1.29 is 9.36 Å². The summed E-state index contributed by atoms with van der Waals surface area (Å²) >= 11 is 11.8. The van der Waals surface area contributed by atoms with Crippen LogP contribution in [-0.4, -0.2) is 5.91 Å². The largest absolute Gasteiger partial charge is 0.320 e. The van der Waals surface area contributed by atoms with E-state index in [2.05, 4.69) is 18.3 Å². The third-order valence-corrected chi connectivity index (χ3v) is 3.62. The van der Waals surface area contributed by atoms with E-state index in [1.807, 2.05) is 23.8 Å². The molecule has 2 aromatic rings. The summed E-state index contributed by atoms with van der Waals surface area (Å²) in [5, 5.41) is 3.80. The van der Waals surface area contributed by atoms with Crippen LogP contribution in [0.25, 0.3) is 0 Å². The number of anilines is 1. The van der Waals surface area contributed by atoms with Gasteiger partial charge in [-0.25, -0.2) is 0 Å². The van der Waals surface area contributed by atoms with Gasteiger partial charge in [-0.2, -0.15) is 4.57 Å². The minimum atomic E-state index is -0.116. The molecule has 0 aliphatic rings. The van der Waals surface area contributed by atoms with Gasteiger partial charge in [0.2, 0.25) is 6.54 Å². The maximum absolute atomic E-state index is 12.1. The van der Waals surface area contributed by atoms with Crippen molar-refractivity contribution in [3.8, 4) is 0 Å². The minimum absolute atomic E-state index is 0.116. The molecule has 0 fully saturated rings. The van der Waals surface area contributed by atoms with Crippen LogP contribution in [0.3, 0.4) is 0 Å². The molecule has 0 saturated heterocycles. The number of nitrogens with one attached hydrogen (secondary N) is 1. The normalized spacial score (nSPS) is 10.5. The zero-order valence-electron chi connectivity index (χ0n) is 12.0. The third kappa shape index (κ3) is 4.45. The van der Waals surface area contributed by atoms with Crippen LogP contribution in [0.15, 0.2) is 36.5 Å². The van der Waals surface area contributed by atoms with Crippen LogP contribution >= 0.6 is 23.2 Å². The summed E-state index contributed by atoms with van der Waals surface area (Å²) in [6.07, 6.45) is 2.94. The fourth-order valence-corrected chi connectivity index (χ4v) is 2.56. The van der Waals surface area contributed by atoms with Crippen molar-refractivity contribution >= 4 is 34.8 Å². The van der Waals surface area contributed by atoms with Crippen LogP contribution in [-0.2, 0) is 17.8 Å². The molecule has 2 rings (SSSR count). The van der Waals surface area contributed by atoms with E-state index in [9.17, 15) is 4.79 Å².